The largest absolute Gasteiger partial charge is 0.392 e. The zero-order valence-corrected chi connectivity index (χ0v) is 21.0. The third-order valence-corrected chi connectivity index (χ3v) is 7.23. The second-order valence-corrected chi connectivity index (χ2v) is 10.1. The lowest BCUT2D eigenvalue weighted by Crippen LogP contribution is -2.55. The van der Waals surface area contributed by atoms with Crippen LogP contribution in [0.15, 0.2) is 15.6 Å². The van der Waals surface area contributed by atoms with Crippen molar-refractivity contribution in [3.63, 3.8) is 0 Å². The second-order valence-electron chi connectivity index (χ2n) is 8.87. The van der Waals surface area contributed by atoms with Crippen molar-refractivity contribution in [1.82, 2.24) is 14.9 Å². The number of halogens is 2. The smallest absolute Gasteiger partial charge is 0.224 e. The van der Waals surface area contributed by atoms with E-state index in [9.17, 15) is 5.11 Å². The first-order valence-corrected chi connectivity index (χ1v) is 12.4. The summed E-state index contributed by atoms with van der Waals surface area (Å²) in [6.07, 6.45) is 7.04. The summed E-state index contributed by atoms with van der Waals surface area (Å²) in [5.41, 5.74) is 3.88. The summed E-state index contributed by atoms with van der Waals surface area (Å²) in [6, 6.07) is 0.939. The van der Waals surface area contributed by atoms with Gasteiger partial charge in [0.2, 0.25) is 5.28 Å². The highest BCUT2D eigenvalue weighted by atomic mass is 79.9. The fourth-order valence-electron chi connectivity index (χ4n) is 5.01. The van der Waals surface area contributed by atoms with Crippen molar-refractivity contribution in [1.29, 1.82) is 0 Å². The lowest BCUT2D eigenvalue weighted by molar-refractivity contribution is 0.111. The number of aliphatic hydroxyl groups is 1. The molecule has 0 radical (unpaired) electrons. The van der Waals surface area contributed by atoms with Gasteiger partial charge in [-0.3, -0.25) is 9.89 Å². The number of likely N-dealkylation sites (tertiary alicyclic amines) is 1. The predicted molar refractivity (Wildman–Crippen MR) is 132 cm³/mol. The van der Waals surface area contributed by atoms with Crippen molar-refractivity contribution >= 4 is 50.7 Å². The third kappa shape index (κ3) is 4.47. The molecular weight excluding hydrogens is 478 g/mol. The van der Waals surface area contributed by atoms with E-state index in [4.69, 9.17) is 21.6 Å². The van der Waals surface area contributed by atoms with Crippen LogP contribution in [0.2, 0.25) is 5.28 Å². The highest BCUT2D eigenvalue weighted by molar-refractivity contribution is 9.12. The van der Waals surface area contributed by atoms with Crippen molar-refractivity contribution in [3.8, 4) is 0 Å². The molecule has 3 heterocycles. The number of nitrogens with zero attached hydrogens (tertiary/aromatic N) is 5. The minimum atomic E-state index is -0.316. The fraction of sp³-hybridized carbons (Fsp3) is 0.609. The van der Waals surface area contributed by atoms with E-state index in [1.165, 1.54) is 0 Å². The topological polar surface area (TPSA) is 64.9 Å². The molecule has 31 heavy (non-hydrogen) atoms. The van der Waals surface area contributed by atoms with Gasteiger partial charge in [0.05, 0.1) is 23.1 Å². The van der Waals surface area contributed by atoms with Crippen LogP contribution in [0, 0.1) is 0 Å². The molecule has 0 aromatic carbocycles. The van der Waals surface area contributed by atoms with Crippen LogP contribution in [-0.4, -0.2) is 69.5 Å². The van der Waals surface area contributed by atoms with Gasteiger partial charge in [-0.15, -0.1) is 0 Å². The molecule has 168 valence electrons. The zero-order chi connectivity index (χ0) is 22.3. The first kappa shape index (κ1) is 22.9. The van der Waals surface area contributed by atoms with E-state index < -0.39 is 0 Å². The second kappa shape index (κ2) is 9.30. The van der Waals surface area contributed by atoms with Crippen molar-refractivity contribution < 1.29 is 5.11 Å². The molecule has 1 aromatic rings. The van der Waals surface area contributed by atoms with Crippen LogP contribution >= 0.6 is 27.5 Å². The number of rotatable bonds is 5. The number of aromatic nitrogens is 2. The molecule has 2 aliphatic heterocycles. The van der Waals surface area contributed by atoms with E-state index in [1.807, 2.05) is 19.9 Å². The van der Waals surface area contributed by atoms with Gasteiger partial charge in [-0.05, 0) is 73.6 Å². The van der Waals surface area contributed by atoms with E-state index >= 15 is 0 Å². The summed E-state index contributed by atoms with van der Waals surface area (Å²) in [4.78, 5) is 19.1. The molecule has 4 unspecified atom stereocenters. The maximum absolute atomic E-state index is 9.86. The van der Waals surface area contributed by atoms with Gasteiger partial charge in [-0.25, -0.2) is 4.98 Å². The van der Waals surface area contributed by atoms with Gasteiger partial charge in [0, 0.05) is 47.8 Å². The summed E-state index contributed by atoms with van der Waals surface area (Å²) >= 11 is 10.1. The quantitative estimate of drug-likeness (QED) is 0.591. The number of fused-ring (bicyclic) bond motifs is 3. The average Bonchev–Trinajstić information content (AvgIpc) is 2.97. The highest BCUT2D eigenvalue weighted by Crippen LogP contribution is 2.43. The Kier molecular flexibility index (Phi) is 6.87. The molecule has 1 aromatic heterocycles. The molecule has 2 bridgehead atoms. The van der Waals surface area contributed by atoms with Crippen LogP contribution in [-0.2, 0) is 0 Å². The molecule has 0 saturated carbocycles. The minimum Gasteiger partial charge on any atom is -0.392 e. The highest BCUT2D eigenvalue weighted by Gasteiger charge is 2.43. The summed E-state index contributed by atoms with van der Waals surface area (Å²) in [7, 11) is 0. The van der Waals surface area contributed by atoms with Crippen molar-refractivity contribution in [2.45, 2.75) is 71.2 Å². The number of β-amino-alcohol motifs (C(OH)–C–C–N with tert-alkyl or cyclic N) is 1. The maximum atomic E-state index is 9.86. The number of anilines is 1. The fourth-order valence-corrected chi connectivity index (χ4v) is 5.71. The number of aliphatic imine (C=N–C) groups is 1. The normalized spacial score (nSPS) is 28.1. The number of piperazine rings is 1. The first-order chi connectivity index (χ1) is 14.8. The third-order valence-electron chi connectivity index (χ3n) is 6.46. The van der Waals surface area contributed by atoms with Crippen LogP contribution in [0.4, 0.5) is 5.82 Å². The summed E-state index contributed by atoms with van der Waals surface area (Å²) < 4.78 is 0.929. The molecule has 1 N–H and O–H groups in total. The van der Waals surface area contributed by atoms with Crippen LogP contribution < -0.4 is 4.90 Å². The molecule has 0 amide bonds. The van der Waals surface area contributed by atoms with Crippen molar-refractivity contribution in [2.75, 3.05) is 24.5 Å². The lowest BCUT2D eigenvalue weighted by atomic mass is 9.92. The molecule has 6 nitrogen and oxygen atoms in total. The van der Waals surface area contributed by atoms with Gasteiger partial charge in [-0.1, -0.05) is 13.0 Å². The molecule has 3 aliphatic rings. The number of allylic oxidation sites excluding steroid dienone is 3. The zero-order valence-electron chi connectivity index (χ0n) is 18.6. The predicted octanol–water partition coefficient (Wildman–Crippen LogP) is 4.56. The molecule has 4 atom stereocenters. The summed E-state index contributed by atoms with van der Waals surface area (Å²) in [5.74, 6) is 0.917. The minimum absolute atomic E-state index is 0.226. The van der Waals surface area contributed by atoms with Gasteiger partial charge in [0.15, 0.2) is 0 Å². The average molecular weight is 509 g/mol. The van der Waals surface area contributed by atoms with E-state index in [1.54, 1.807) is 0 Å². The van der Waals surface area contributed by atoms with E-state index in [2.05, 4.69) is 50.6 Å². The van der Waals surface area contributed by atoms with E-state index in [-0.39, 0.29) is 17.4 Å². The Hall–Kier alpha value is -1.28. The molecule has 1 aliphatic carbocycles. The Morgan fingerprint density at radius 1 is 1.29 bits per heavy atom. The molecule has 4 rings (SSSR count). The number of hydrogen-bond donors (Lipinski definition) is 1. The Balaban J connectivity index is 1.79. The summed E-state index contributed by atoms with van der Waals surface area (Å²) in [6.45, 7) is 10.8. The van der Waals surface area contributed by atoms with Crippen LogP contribution in [0.5, 0.6) is 0 Å². The van der Waals surface area contributed by atoms with Gasteiger partial charge < -0.3 is 10.0 Å². The number of aliphatic hydroxyl groups excluding tert-OH is 1. The van der Waals surface area contributed by atoms with Crippen molar-refractivity contribution in [2.24, 2.45) is 4.99 Å². The molecule has 8 heteroatoms. The Bertz CT molecular complexity index is 930. The van der Waals surface area contributed by atoms with Gasteiger partial charge in [0.25, 0.3) is 0 Å². The van der Waals surface area contributed by atoms with Crippen LogP contribution in [0.3, 0.4) is 0 Å². The van der Waals surface area contributed by atoms with E-state index in [0.717, 1.165) is 65.2 Å². The number of hydrogen-bond acceptors (Lipinski definition) is 6. The van der Waals surface area contributed by atoms with E-state index in [0.29, 0.717) is 18.6 Å². The Morgan fingerprint density at radius 2 is 1.97 bits per heavy atom. The Morgan fingerprint density at radius 3 is 2.55 bits per heavy atom. The lowest BCUT2D eigenvalue weighted by Gasteiger charge is -2.43. The van der Waals surface area contributed by atoms with Gasteiger partial charge in [0.1, 0.15) is 5.82 Å². The van der Waals surface area contributed by atoms with Gasteiger partial charge >= 0.3 is 0 Å². The van der Waals surface area contributed by atoms with Crippen LogP contribution in [0.25, 0.3) is 11.6 Å². The summed E-state index contributed by atoms with van der Waals surface area (Å²) in [5, 5.41) is 10.1. The molecule has 2 saturated heterocycles. The molecule has 2 fully saturated rings. The van der Waals surface area contributed by atoms with Gasteiger partial charge in [-0.2, -0.15) is 4.98 Å². The first-order valence-electron chi connectivity index (χ1n) is 11.2. The molecular formula is C23H31BrClN5O. The molecule has 0 spiro atoms. The monoisotopic (exact) mass is 507 g/mol. The van der Waals surface area contributed by atoms with Crippen LogP contribution in [0.1, 0.15) is 58.2 Å². The maximum Gasteiger partial charge on any atom is 0.224 e. The van der Waals surface area contributed by atoms with Crippen molar-refractivity contribution in [3.05, 3.63) is 27.1 Å². The SMILES string of the molecule is C/C=C1\C(=NC(C)CC)C(Br)=Cc2nc(Cl)nc(N3C4CCC3CN(CC(C)O)C4)c21. The standard InChI is InChI=1S/C23H31BrClN5O/c1-5-13(3)26-21-17(6-2)20-19(9-18(21)24)27-23(25)28-22(20)30-15-7-8-16(30)12-29(11-15)10-14(4)31/h6,9,13-16,31H,5,7-8,10-12H2,1-4H3/b17-6-,26-21?. The Labute approximate surface area is 198 Å².